The molecule has 2 heterocycles. The third-order valence-electron chi connectivity index (χ3n) is 7.12. The number of benzene rings is 3. The molecule has 1 aliphatic heterocycles. The van der Waals surface area contributed by atoms with Crippen LogP contribution in [0.1, 0.15) is 31.6 Å². The van der Waals surface area contributed by atoms with Crippen molar-refractivity contribution in [2.75, 3.05) is 13.2 Å². The number of nitrogens with one attached hydrogen (secondary N) is 1. The maximum atomic E-state index is 14.2. The van der Waals surface area contributed by atoms with Crippen LogP contribution < -0.4 is 25.0 Å². The summed E-state index contributed by atoms with van der Waals surface area (Å²) in [5.74, 6) is -2.40. The highest BCUT2D eigenvalue weighted by atomic mass is 19.4. The molecule has 0 saturated carbocycles. The van der Waals surface area contributed by atoms with Gasteiger partial charge in [-0.15, -0.1) is 0 Å². The average Bonchev–Trinajstić information content (AvgIpc) is 3.02. The van der Waals surface area contributed by atoms with Crippen molar-refractivity contribution >= 4 is 23.0 Å². The van der Waals surface area contributed by atoms with Crippen LogP contribution in [0.5, 0.6) is 17.2 Å². The molecule has 1 amide bonds. The number of rotatable bonds is 8. The smallest absolute Gasteiger partial charge is 0.450 e. The summed E-state index contributed by atoms with van der Waals surface area (Å²) in [6.07, 6.45) is -5.39. The molecular weight excluding hydrogens is 583 g/mol. The molecule has 44 heavy (non-hydrogen) atoms. The second-order valence-electron chi connectivity index (χ2n) is 10.1. The van der Waals surface area contributed by atoms with Crippen LogP contribution in [0.3, 0.4) is 0 Å². The van der Waals surface area contributed by atoms with E-state index in [2.05, 4.69) is 5.32 Å². The lowest BCUT2D eigenvalue weighted by Crippen LogP contribution is -2.47. The van der Waals surface area contributed by atoms with Gasteiger partial charge >= 0.3 is 18.2 Å². The second-order valence-corrected chi connectivity index (χ2v) is 10.1. The highest BCUT2D eigenvalue weighted by molar-refractivity contribution is 5.87. The van der Waals surface area contributed by atoms with E-state index in [1.54, 1.807) is 31.2 Å². The zero-order valence-electron chi connectivity index (χ0n) is 23.7. The van der Waals surface area contributed by atoms with Gasteiger partial charge in [-0.25, -0.2) is 9.59 Å². The number of alkyl halides is 3. The number of amides is 1. The van der Waals surface area contributed by atoms with E-state index in [1.807, 2.05) is 13.0 Å². The number of ether oxygens (including phenoxy) is 4. The Morgan fingerprint density at radius 1 is 0.977 bits per heavy atom. The quantitative estimate of drug-likeness (QED) is 0.178. The van der Waals surface area contributed by atoms with Crippen molar-refractivity contribution in [1.29, 1.82) is 0 Å². The summed E-state index contributed by atoms with van der Waals surface area (Å²) in [6.45, 7) is 4.01. The highest BCUT2D eigenvalue weighted by Crippen LogP contribution is 2.40. The summed E-state index contributed by atoms with van der Waals surface area (Å²) >= 11 is 0. The molecule has 0 saturated heterocycles. The Morgan fingerprint density at radius 2 is 1.70 bits per heavy atom. The van der Waals surface area contributed by atoms with E-state index in [0.29, 0.717) is 12.2 Å². The predicted octanol–water partition coefficient (Wildman–Crippen LogP) is 6.50. The lowest BCUT2D eigenvalue weighted by atomic mass is 9.99. The van der Waals surface area contributed by atoms with Gasteiger partial charge in [0.15, 0.2) is 11.5 Å². The minimum atomic E-state index is -5.03. The van der Waals surface area contributed by atoms with E-state index in [4.69, 9.17) is 23.4 Å². The molecule has 230 valence electrons. The topological polar surface area (TPSA) is 113 Å². The summed E-state index contributed by atoms with van der Waals surface area (Å²) in [5, 5.41) is 2.34. The zero-order valence-corrected chi connectivity index (χ0v) is 23.7. The van der Waals surface area contributed by atoms with E-state index in [0.717, 1.165) is 11.6 Å². The van der Waals surface area contributed by atoms with Gasteiger partial charge in [0.25, 0.3) is 0 Å². The van der Waals surface area contributed by atoms with Gasteiger partial charge in [0.2, 0.25) is 11.2 Å². The van der Waals surface area contributed by atoms with Crippen LogP contribution in [-0.2, 0) is 22.3 Å². The number of fused-ring (bicyclic) bond motifs is 2. The van der Waals surface area contributed by atoms with Gasteiger partial charge in [0.05, 0.1) is 10.9 Å². The molecule has 0 spiro atoms. The molecule has 0 unspecified atom stereocenters. The first-order chi connectivity index (χ1) is 21.0. The Labute approximate surface area is 249 Å². The summed E-state index contributed by atoms with van der Waals surface area (Å²) in [6, 6.07) is 15.4. The molecule has 3 aromatic carbocycles. The molecule has 1 N–H and O–H groups in total. The van der Waals surface area contributed by atoms with Crippen LogP contribution in [-0.4, -0.2) is 31.3 Å². The molecule has 9 nitrogen and oxygen atoms in total. The SMILES string of the molecule is CC[C@@H](C)[C@@H](NC(=O)OCc1ccccc1)C(=O)Oc1ccc2c(=O)c(-c3ccc4c(c3)OCCO4)c(C(F)(F)F)oc2c1. The van der Waals surface area contributed by atoms with Crippen LogP contribution in [0, 0.1) is 5.92 Å². The summed E-state index contributed by atoms with van der Waals surface area (Å²) in [4.78, 5) is 39.0. The lowest BCUT2D eigenvalue weighted by molar-refractivity contribution is -0.152. The van der Waals surface area contributed by atoms with Gasteiger partial charge in [-0.2, -0.15) is 13.2 Å². The van der Waals surface area contributed by atoms with Crippen molar-refractivity contribution in [2.45, 2.75) is 39.1 Å². The zero-order chi connectivity index (χ0) is 31.4. The van der Waals surface area contributed by atoms with Crippen molar-refractivity contribution in [3.63, 3.8) is 0 Å². The first-order valence-corrected chi connectivity index (χ1v) is 13.8. The van der Waals surface area contributed by atoms with Crippen LogP contribution in [0.25, 0.3) is 22.1 Å². The fourth-order valence-electron chi connectivity index (χ4n) is 4.64. The Morgan fingerprint density at radius 3 is 2.41 bits per heavy atom. The number of esters is 1. The Kier molecular flexibility index (Phi) is 8.79. The van der Waals surface area contributed by atoms with Crippen molar-refractivity contribution in [3.8, 4) is 28.4 Å². The number of halogens is 3. The monoisotopic (exact) mass is 611 g/mol. The first kappa shape index (κ1) is 30.5. The fourth-order valence-corrected chi connectivity index (χ4v) is 4.64. The average molecular weight is 612 g/mol. The molecule has 0 bridgehead atoms. The predicted molar refractivity (Wildman–Crippen MR) is 153 cm³/mol. The molecule has 0 fully saturated rings. The van der Waals surface area contributed by atoms with E-state index in [-0.39, 0.29) is 48.2 Å². The summed E-state index contributed by atoms with van der Waals surface area (Å²) in [5.41, 5.74) is -1.38. The van der Waals surface area contributed by atoms with Crippen molar-refractivity contribution in [1.82, 2.24) is 5.32 Å². The first-order valence-electron chi connectivity index (χ1n) is 13.8. The van der Waals surface area contributed by atoms with Crippen LogP contribution in [0.2, 0.25) is 0 Å². The van der Waals surface area contributed by atoms with E-state index in [1.165, 1.54) is 30.3 Å². The maximum Gasteiger partial charge on any atom is 0.450 e. The molecule has 1 aliphatic rings. The van der Waals surface area contributed by atoms with E-state index < -0.39 is 46.6 Å². The minimum Gasteiger partial charge on any atom is -0.486 e. The van der Waals surface area contributed by atoms with Gasteiger partial charge in [0, 0.05) is 6.07 Å². The van der Waals surface area contributed by atoms with Crippen molar-refractivity contribution < 1.29 is 46.1 Å². The standard InChI is InChI=1S/C32H28F3NO8/c1-3-18(2)27(36-31(39)42-17-19-7-5-4-6-8-19)30(38)43-21-10-11-22-24(16-21)44-29(32(33,34)35)26(28(22)37)20-9-12-23-25(15-20)41-14-13-40-23/h4-12,15-16,18,27H,3,13-14,17H2,1-2H3,(H,36,39)/t18-,27-/m1/s1. The molecule has 2 atom stereocenters. The minimum absolute atomic E-state index is 0.0194. The normalized spacial score (nSPS) is 14.0. The molecule has 12 heteroatoms. The van der Waals surface area contributed by atoms with Gasteiger partial charge in [-0.3, -0.25) is 4.79 Å². The second kappa shape index (κ2) is 12.7. The molecule has 1 aromatic heterocycles. The number of hydrogen-bond acceptors (Lipinski definition) is 8. The number of carbonyl (C=O) groups excluding carboxylic acids is 2. The van der Waals surface area contributed by atoms with E-state index >= 15 is 0 Å². The molecule has 5 rings (SSSR count). The molecular formula is C32H28F3NO8. The third kappa shape index (κ3) is 6.64. The van der Waals surface area contributed by atoms with Crippen LogP contribution >= 0.6 is 0 Å². The van der Waals surface area contributed by atoms with Gasteiger partial charge in [-0.05, 0) is 41.3 Å². The van der Waals surface area contributed by atoms with Gasteiger partial charge < -0.3 is 28.7 Å². The number of carbonyl (C=O) groups is 2. The number of alkyl carbamates (subject to hydrolysis) is 1. The Hall–Kier alpha value is -5.00. The summed E-state index contributed by atoms with van der Waals surface area (Å²) < 4.78 is 69.4. The Bertz CT molecular complexity index is 1740. The van der Waals surface area contributed by atoms with Crippen molar-refractivity contribution in [3.05, 3.63) is 88.3 Å². The number of hydrogen-bond donors (Lipinski definition) is 1. The van der Waals surface area contributed by atoms with E-state index in [9.17, 15) is 27.6 Å². The van der Waals surface area contributed by atoms with Gasteiger partial charge in [0.1, 0.15) is 37.2 Å². The maximum absolute atomic E-state index is 14.2. The highest BCUT2D eigenvalue weighted by Gasteiger charge is 2.40. The Balaban J connectivity index is 1.41. The van der Waals surface area contributed by atoms with Crippen LogP contribution in [0.4, 0.5) is 18.0 Å². The largest absolute Gasteiger partial charge is 0.486 e. The lowest BCUT2D eigenvalue weighted by Gasteiger charge is -2.22. The summed E-state index contributed by atoms with van der Waals surface area (Å²) in [7, 11) is 0. The van der Waals surface area contributed by atoms with Gasteiger partial charge in [-0.1, -0.05) is 56.7 Å². The molecule has 0 radical (unpaired) electrons. The van der Waals surface area contributed by atoms with Crippen molar-refractivity contribution in [2.24, 2.45) is 5.92 Å². The van der Waals surface area contributed by atoms with Crippen LogP contribution in [0.15, 0.2) is 75.9 Å². The fraction of sp³-hybridized carbons (Fsp3) is 0.281. The molecule has 4 aromatic rings. The molecule has 0 aliphatic carbocycles. The third-order valence-corrected chi connectivity index (χ3v) is 7.12.